The minimum atomic E-state index is -2.91. The number of hydrogen-bond acceptors (Lipinski definition) is 5. The maximum absolute atomic E-state index is 11.9. The molecule has 0 aliphatic carbocycles. The van der Waals surface area contributed by atoms with E-state index >= 15 is 0 Å². The zero-order valence-corrected chi connectivity index (χ0v) is 14.3. The van der Waals surface area contributed by atoms with Gasteiger partial charge in [0.15, 0.2) is 9.84 Å². The van der Waals surface area contributed by atoms with Crippen LogP contribution in [0.1, 0.15) is 29.0 Å². The third-order valence-electron chi connectivity index (χ3n) is 4.50. The Morgan fingerprint density at radius 3 is 2.52 bits per heavy atom. The van der Waals surface area contributed by atoms with Crippen LogP contribution in [0.5, 0.6) is 0 Å². The van der Waals surface area contributed by atoms with Crippen LogP contribution in [0.2, 0.25) is 0 Å². The van der Waals surface area contributed by atoms with Gasteiger partial charge in [0.2, 0.25) is 0 Å². The summed E-state index contributed by atoms with van der Waals surface area (Å²) >= 11 is 0. The van der Waals surface area contributed by atoms with Crippen molar-refractivity contribution in [3.63, 3.8) is 0 Å². The average molecular weight is 334 g/mol. The van der Waals surface area contributed by atoms with Gasteiger partial charge in [0.05, 0.1) is 17.2 Å². The summed E-state index contributed by atoms with van der Waals surface area (Å²) in [7, 11) is -2.91. The summed E-state index contributed by atoms with van der Waals surface area (Å²) in [6, 6.07) is 10.2. The molecule has 1 aliphatic heterocycles. The number of benzene rings is 1. The standard InChI is InChI=1S/C17H22N2O3S/c1-13-17(14(2)22-18-13)11-19(10-15-6-4-3-5-7-15)16-8-9-23(20,21)12-16/h3-7,16H,8-12H2,1-2H3. The summed E-state index contributed by atoms with van der Waals surface area (Å²) in [5.41, 5.74) is 3.12. The number of rotatable bonds is 5. The van der Waals surface area contributed by atoms with E-state index in [0.29, 0.717) is 13.0 Å². The molecule has 0 N–H and O–H groups in total. The Kier molecular flexibility index (Phi) is 4.55. The van der Waals surface area contributed by atoms with E-state index in [0.717, 1.165) is 23.6 Å². The van der Waals surface area contributed by atoms with E-state index in [1.54, 1.807) is 0 Å². The lowest BCUT2D eigenvalue weighted by molar-refractivity contribution is 0.193. The molecule has 3 rings (SSSR count). The molecule has 2 aromatic rings. The Labute approximate surface area is 137 Å². The van der Waals surface area contributed by atoms with Gasteiger partial charge in [-0.05, 0) is 25.8 Å². The molecular weight excluding hydrogens is 312 g/mol. The Balaban J connectivity index is 1.84. The molecule has 1 saturated heterocycles. The molecule has 0 amide bonds. The highest BCUT2D eigenvalue weighted by molar-refractivity contribution is 7.91. The largest absolute Gasteiger partial charge is 0.361 e. The maximum atomic E-state index is 11.9. The molecule has 1 fully saturated rings. The summed E-state index contributed by atoms with van der Waals surface area (Å²) in [4.78, 5) is 2.24. The lowest BCUT2D eigenvalue weighted by atomic mass is 10.1. The van der Waals surface area contributed by atoms with E-state index in [9.17, 15) is 8.42 Å². The zero-order valence-electron chi connectivity index (χ0n) is 13.5. The Morgan fingerprint density at radius 2 is 1.96 bits per heavy atom. The monoisotopic (exact) mass is 334 g/mol. The molecule has 1 unspecified atom stereocenters. The fourth-order valence-corrected chi connectivity index (χ4v) is 4.89. The highest BCUT2D eigenvalue weighted by Gasteiger charge is 2.33. The second-order valence-electron chi connectivity index (χ2n) is 6.25. The summed E-state index contributed by atoms with van der Waals surface area (Å²) in [6.07, 6.45) is 0.693. The molecule has 23 heavy (non-hydrogen) atoms. The van der Waals surface area contributed by atoms with E-state index in [-0.39, 0.29) is 17.5 Å². The van der Waals surface area contributed by atoms with Crippen LogP contribution in [0, 0.1) is 13.8 Å². The van der Waals surface area contributed by atoms with Crippen molar-refractivity contribution >= 4 is 9.84 Å². The van der Waals surface area contributed by atoms with Crippen LogP contribution >= 0.6 is 0 Å². The maximum Gasteiger partial charge on any atom is 0.151 e. The van der Waals surface area contributed by atoms with Crippen molar-refractivity contribution in [1.29, 1.82) is 0 Å². The van der Waals surface area contributed by atoms with Crippen molar-refractivity contribution in [2.24, 2.45) is 0 Å². The van der Waals surface area contributed by atoms with E-state index in [1.807, 2.05) is 32.0 Å². The van der Waals surface area contributed by atoms with Crippen molar-refractivity contribution in [2.75, 3.05) is 11.5 Å². The van der Waals surface area contributed by atoms with Gasteiger partial charge in [-0.15, -0.1) is 0 Å². The molecule has 1 aromatic heterocycles. The predicted octanol–water partition coefficient (Wildman–Crippen LogP) is 2.48. The van der Waals surface area contributed by atoms with Gasteiger partial charge in [0, 0.05) is 24.7 Å². The van der Waals surface area contributed by atoms with E-state index in [2.05, 4.69) is 22.2 Å². The van der Waals surface area contributed by atoms with Gasteiger partial charge in [-0.1, -0.05) is 35.5 Å². The molecule has 6 heteroatoms. The van der Waals surface area contributed by atoms with Gasteiger partial charge in [-0.3, -0.25) is 4.90 Å². The fraction of sp³-hybridized carbons (Fsp3) is 0.471. The SMILES string of the molecule is Cc1noc(C)c1CN(Cc1ccccc1)C1CCS(=O)(=O)C1. The average Bonchev–Trinajstić information content (AvgIpc) is 3.03. The van der Waals surface area contributed by atoms with Gasteiger partial charge in [-0.2, -0.15) is 0 Å². The lowest BCUT2D eigenvalue weighted by Gasteiger charge is -2.28. The molecule has 0 radical (unpaired) electrons. The van der Waals surface area contributed by atoms with Crippen LogP contribution in [0.4, 0.5) is 0 Å². The highest BCUT2D eigenvalue weighted by Crippen LogP contribution is 2.24. The molecule has 1 atom stereocenters. The summed E-state index contributed by atoms with van der Waals surface area (Å²) in [6.45, 7) is 5.22. The predicted molar refractivity (Wildman–Crippen MR) is 88.7 cm³/mol. The first-order valence-electron chi connectivity index (χ1n) is 7.85. The Bertz CT molecular complexity index is 749. The van der Waals surface area contributed by atoms with Gasteiger partial charge in [0.25, 0.3) is 0 Å². The summed E-state index contributed by atoms with van der Waals surface area (Å²) in [5.74, 6) is 1.33. The summed E-state index contributed by atoms with van der Waals surface area (Å²) < 4.78 is 29.0. The molecule has 2 heterocycles. The van der Waals surface area contributed by atoms with E-state index in [4.69, 9.17) is 4.52 Å². The van der Waals surface area contributed by atoms with Gasteiger partial charge in [0.1, 0.15) is 5.76 Å². The van der Waals surface area contributed by atoms with E-state index in [1.165, 1.54) is 5.56 Å². The topological polar surface area (TPSA) is 63.4 Å². The number of nitrogens with zero attached hydrogens (tertiary/aromatic N) is 2. The first kappa shape index (κ1) is 16.2. The first-order chi connectivity index (χ1) is 10.9. The molecule has 124 valence electrons. The fourth-order valence-electron chi connectivity index (χ4n) is 3.13. The third kappa shape index (κ3) is 3.82. The smallest absolute Gasteiger partial charge is 0.151 e. The molecule has 5 nitrogen and oxygen atoms in total. The van der Waals surface area contributed by atoms with Crippen LogP contribution in [0.3, 0.4) is 0 Å². The van der Waals surface area contributed by atoms with Crippen molar-refractivity contribution in [1.82, 2.24) is 10.1 Å². The van der Waals surface area contributed by atoms with Crippen molar-refractivity contribution in [3.8, 4) is 0 Å². The number of hydrogen-bond donors (Lipinski definition) is 0. The lowest BCUT2D eigenvalue weighted by Crippen LogP contribution is -2.35. The minimum Gasteiger partial charge on any atom is -0.361 e. The quantitative estimate of drug-likeness (QED) is 0.840. The molecular formula is C17H22N2O3S. The summed E-state index contributed by atoms with van der Waals surface area (Å²) in [5, 5.41) is 4.01. The number of sulfone groups is 1. The number of aromatic nitrogens is 1. The van der Waals surface area contributed by atoms with Crippen molar-refractivity contribution < 1.29 is 12.9 Å². The van der Waals surface area contributed by atoms with Crippen LogP contribution in [-0.2, 0) is 22.9 Å². The normalized spacial score (nSPS) is 20.2. The molecule has 0 bridgehead atoms. The Morgan fingerprint density at radius 1 is 1.22 bits per heavy atom. The number of aryl methyl sites for hydroxylation is 2. The third-order valence-corrected chi connectivity index (χ3v) is 6.25. The van der Waals surface area contributed by atoms with Crippen LogP contribution in [0.15, 0.2) is 34.9 Å². The zero-order chi connectivity index (χ0) is 16.4. The van der Waals surface area contributed by atoms with Crippen molar-refractivity contribution in [2.45, 2.75) is 39.4 Å². The van der Waals surface area contributed by atoms with Crippen LogP contribution in [-0.4, -0.2) is 36.0 Å². The molecule has 0 saturated carbocycles. The Hall–Kier alpha value is -1.66. The highest BCUT2D eigenvalue weighted by atomic mass is 32.2. The van der Waals surface area contributed by atoms with Crippen LogP contribution < -0.4 is 0 Å². The van der Waals surface area contributed by atoms with E-state index < -0.39 is 9.84 Å². The van der Waals surface area contributed by atoms with Crippen molar-refractivity contribution in [3.05, 3.63) is 52.9 Å². The van der Waals surface area contributed by atoms with Gasteiger partial charge in [-0.25, -0.2) is 8.42 Å². The minimum absolute atomic E-state index is 0.0499. The second-order valence-corrected chi connectivity index (χ2v) is 8.48. The first-order valence-corrected chi connectivity index (χ1v) is 9.67. The molecule has 1 aromatic carbocycles. The molecule has 0 spiro atoms. The molecule has 1 aliphatic rings. The van der Waals surface area contributed by atoms with Crippen LogP contribution in [0.25, 0.3) is 0 Å². The second kappa shape index (κ2) is 6.45. The van der Waals surface area contributed by atoms with Gasteiger partial charge >= 0.3 is 0 Å². The van der Waals surface area contributed by atoms with Gasteiger partial charge < -0.3 is 4.52 Å².